The van der Waals surface area contributed by atoms with Crippen LogP contribution in [0, 0.1) is 0 Å². The fourth-order valence-electron chi connectivity index (χ4n) is 2.58. The molecule has 0 atom stereocenters. The van der Waals surface area contributed by atoms with Gasteiger partial charge in [0.25, 0.3) is 0 Å². The first-order valence-electron chi connectivity index (χ1n) is 6.69. The van der Waals surface area contributed by atoms with Crippen LogP contribution in [-0.4, -0.2) is 22.3 Å². The van der Waals surface area contributed by atoms with Gasteiger partial charge < -0.3 is 10.1 Å². The van der Waals surface area contributed by atoms with Gasteiger partial charge in [0, 0.05) is 17.1 Å². The fourth-order valence-corrected chi connectivity index (χ4v) is 2.58. The molecule has 5 nitrogen and oxygen atoms in total. The van der Waals surface area contributed by atoms with Crippen LogP contribution in [0.15, 0.2) is 48.8 Å². The standard InChI is InChI=1S/C16H14N4O/c1-21-12-5-4-10-7-14-15(13(10)8-12)19-20-16(14)18-11-3-2-6-17-9-11/h2-9,18-20H,1H3. The minimum absolute atomic E-state index is 0.853. The Labute approximate surface area is 121 Å². The molecule has 0 spiro atoms. The molecule has 2 heterocycles. The Morgan fingerprint density at radius 2 is 2.10 bits per heavy atom. The number of nitrogens with zero attached hydrogens (tertiary/aromatic N) is 1. The highest BCUT2D eigenvalue weighted by atomic mass is 16.5. The molecule has 4 rings (SSSR count). The molecule has 3 N–H and O–H groups in total. The maximum atomic E-state index is 5.30. The minimum atomic E-state index is 0.853. The summed E-state index contributed by atoms with van der Waals surface area (Å²) in [7, 11) is 1.68. The van der Waals surface area contributed by atoms with E-state index in [1.165, 1.54) is 5.39 Å². The number of rotatable bonds is 3. The molecule has 5 heteroatoms. The molecular formula is C16H14N4O. The monoisotopic (exact) mass is 278 g/mol. The van der Waals surface area contributed by atoms with Gasteiger partial charge in [-0.25, -0.2) is 0 Å². The topological polar surface area (TPSA) is 65.7 Å². The van der Waals surface area contributed by atoms with Crippen molar-refractivity contribution in [2.45, 2.75) is 0 Å². The highest BCUT2D eigenvalue weighted by Gasteiger charge is 2.17. The summed E-state index contributed by atoms with van der Waals surface area (Å²) in [5.41, 5.74) is 3.12. The van der Waals surface area contributed by atoms with E-state index < -0.39 is 0 Å². The Morgan fingerprint density at radius 3 is 2.90 bits per heavy atom. The van der Waals surface area contributed by atoms with Crippen molar-refractivity contribution in [2.75, 3.05) is 12.4 Å². The maximum absolute atomic E-state index is 5.30. The Hall–Kier alpha value is -2.95. The molecule has 0 saturated heterocycles. The molecule has 21 heavy (non-hydrogen) atoms. The Bertz CT molecular complexity index is 863. The number of pyridine rings is 1. The van der Waals surface area contributed by atoms with Crippen LogP contribution in [0.3, 0.4) is 0 Å². The largest absolute Gasteiger partial charge is 0.497 e. The van der Waals surface area contributed by atoms with E-state index in [2.05, 4.69) is 32.6 Å². The van der Waals surface area contributed by atoms with Gasteiger partial charge in [-0.1, -0.05) is 6.07 Å². The second kappa shape index (κ2) is 4.56. The summed E-state index contributed by atoms with van der Waals surface area (Å²) < 4.78 is 5.30. The predicted molar refractivity (Wildman–Crippen MR) is 83.3 cm³/mol. The Kier molecular flexibility index (Phi) is 2.57. The zero-order valence-electron chi connectivity index (χ0n) is 11.5. The number of hydrogen-bond acceptors (Lipinski definition) is 3. The molecule has 1 aromatic carbocycles. The van der Waals surface area contributed by atoms with E-state index in [0.29, 0.717) is 0 Å². The summed E-state index contributed by atoms with van der Waals surface area (Å²) >= 11 is 0. The van der Waals surface area contributed by atoms with Crippen LogP contribution < -0.4 is 10.1 Å². The second-order valence-electron chi connectivity index (χ2n) is 4.88. The van der Waals surface area contributed by atoms with E-state index in [1.54, 1.807) is 19.5 Å². The van der Waals surface area contributed by atoms with E-state index >= 15 is 0 Å². The van der Waals surface area contributed by atoms with Crippen molar-refractivity contribution < 1.29 is 4.74 Å². The van der Waals surface area contributed by atoms with Gasteiger partial charge in [0.15, 0.2) is 0 Å². The number of benzene rings is 1. The van der Waals surface area contributed by atoms with Crippen molar-refractivity contribution >= 4 is 22.3 Å². The van der Waals surface area contributed by atoms with E-state index in [1.807, 2.05) is 24.3 Å². The summed E-state index contributed by atoms with van der Waals surface area (Å²) in [6.45, 7) is 0. The van der Waals surface area contributed by atoms with E-state index in [-0.39, 0.29) is 0 Å². The van der Waals surface area contributed by atoms with Crippen LogP contribution in [0.5, 0.6) is 5.75 Å². The number of fused-ring (bicyclic) bond motifs is 3. The zero-order valence-corrected chi connectivity index (χ0v) is 11.5. The number of hydrogen-bond donors (Lipinski definition) is 3. The van der Waals surface area contributed by atoms with E-state index in [4.69, 9.17) is 4.74 Å². The summed E-state index contributed by atoms with van der Waals surface area (Å²) in [6, 6.07) is 12.1. The van der Waals surface area contributed by atoms with Gasteiger partial charge in [0.05, 0.1) is 24.7 Å². The van der Waals surface area contributed by atoms with Crippen LogP contribution in [0.4, 0.5) is 11.5 Å². The van der Waals surface area contributed by atoms with Crippen LogP contribution >= 0.6 is 0 Å². The number of methoxy groups -OCH3 is 1. The average Bonchev–Trinajstić information content (AvgIpc) is 3.08. The zero-order chi connectivity index (χ0) is 14.2. The highest BCUT2D eigenvalue weighted by molar-refractivity contribution is 6.04. The SMILES string of the molecule is COc1ccc2cc3c(Nc4cccnc4)[nH][nH]c-3c2c1. The number of H-pyrrole nitrogens is 2. The minimum Gasteiger partial charge on any atom is -0.497 e. The Balaban J connectivity index is 1.79. The quantitative estimate of drug-likeness (QED) is 0.534. The average molecular weight is 278 g/mol. The van der Waals surface area contributed by atoms with Crippen molar-refractivity contribution in [3.63, 3.8) is 0 Å². The van der Waals surface area contributed by atoms with E-state index in [9.17, 15) is 0 Å². The fraction of sp³-hybridized carbons (Fsp3) is 0.0625. The van der Waals surface area contributed by atoms with Gasteiger partial charge in [-0.15, -0.1) is 0 Å². The number of aromatic nitrogens is 3. The van der Waals surface area contributed by atoms with Gasteiger partial charge in [0.1, 0.15) is 11.6 Å². The molecule has 1 aromatic heterocycles. The lowest BCUT2D eigenvalue weighted by atomic mass is 10.2. The summed E-state index contributed by atoms with van der Waals surface area (Å²) in [4.78, 5) is 4.11. The molecule has 1 aliphatic heterocycles. The lowest BCUT2D eigenvalue weighted by Gasteiger charge is -2.03. The summed E-state index contributed by atoms with van der Waals surface area (Å²) in [5.74, 6) is 1.78. The molecule has 2 aromatic rings. The molecule has 0 saturated carbocycles. The number of aromatic amines is 2. The molecule has 0 fully saturated rings. The predicted octanol–water partition coefficient (Wildman–Crippen LogP) is 3.75. The van der Waals surface area contributed by atoms with Crippen LogP contribution in [0.1, 0.15) is 0 Å². The third-order valence-electron chi connectivity index (χ3n) is 3.61. The van der Waals surface area contributed by atoms with E-state index in [0.717, 1.165) is 33.9 Å². The highest BCUT2D eigenvalue weighted by Crippen LogP contribution is 2.39. The smallest absolute Gasteiger partial charge is 0.132 e. The third kappa shape index (κ3) is 1.90. The van der Waals surface area contributed by atoms with Crippen LogP contribution in [0.2, 0.25) is 0 Å². The summed E-state index contributed by atoms with van der Waals surface area (Å²) in [5, 5.41) is 12.0. The lowest BCUT2D eigenvalue weighted by Crippen LogP contribution is -1.91. The van der Waals surface area contributed by atoms with Gasteiger partial charge in [-0.2, -0.15) is 0 Å². The molecule has 104 valence electrons. The van der Waals surface area contributed by atoms with Crippen molar-refractivity contribution in [2.24, 2.45) is 0 Å². The van der Waals surface area contributed by atoms with Gasteiger partial charge in [0.2, 0.25) is 0 Å². The first kappa shape index (κ1) is 11.8. The first-order chi connectivity index (χ1) is 10.3. The molecular weight excluding hydrogens is 264 g/mol. The number of nitrogens with one attached hydrogen (secondary N) is 3. The number of ether oxygens (including phenoxy) is 1. The molecule has 2 aliphatic rings. The van der Waals surface area contributed by atoms with Gasteiger partial charge in [-0.05, 0) is 35.7 Å². The lowest BCUT2D eigenvalue weighted by molar-refractivity contribution is 0.415. The van der Waals surface area contributed by atoms with Gasteiger partial charge in [-0.3, -0.25) is 15.2 Å². The molecule has 0 amide bonds. The summed E-state index contributed by atoms with van der Waals surface area (Å²) in [6.07, 6.45) is 3.54. The van der Waals surface area contributed by atoms with Gasteiger partial charge >= 0.3 is 0 Å². The van der Waals surface area contributed by atoms with Crippen molar-refractivity contribution in [1.29, 1.82) is 0 Å². The molecule has 0 radical (unpaired) electrons. The van der Waals surface area contributed by atoms with Crippen LogP contribution in [0.25, 0.3) is 22.0 Å². The van der Waals surface area contributed by atoms with Crippen molar-refractivity contribution in [1.82, 2.24) is 15.2 Å². The normalized spacial score (nSPS) is 11.1. The molecule has 1 aliphatic carbocycles. The third-order valence-corrected chi connectivity index (χ3v) is 3.61. The number of anilines is 2. The maximum Gasteiger partial charge on any atom is 0.132 e. The molecule has 0 bridgehead atoms. The van der Waals surface area contributed by atoms with Crippen molar-refractivity contribution in [3.05, 3.63) is 48.8 Å². The van der Waals surface area contributed by atoms with Crippen molar-refractivity contribution in [3.8, 4) is 17.0 Å². The Morgan fingerprint density at radius 1 is 1.14 bits per heavy atom. The molecule has 0 unspecified atom stereocenters. The second-order valence-corrected chi connectivity index (χ2v) is 4.88. The van der Waals surface area contributed by atoms with Crippen LogP contribution in [-0.2, 0) is 0 Å². The first-order valence-corrected chi connectivity index (χ1v) is 6.69.